The molecule has 0 aromatic heterocycles. The molecule has 0 heterocycles. The Morgan fingerprint density at radius 2 is 1.72 bits per heavy atom. The van der Waals surface area contributed by atoms with Crippen LogP contribution in [0.2, 0.25) is 0 Å². The predicted molar refractivity (Wildman–Crippen MR) is 65.9 cm³/mol. The van der Waals surface area contributed by atoms with Gasteiger partial charge in [-0.3, -0.25) is 9.59 Å². The Morgan fingerprint density at radius 3 is 2.11 bits per heavy atom. The standard InChI is InChI=1S/C11H21N3O4/c1-3-11(4-2,9(16)17)7-14-10(18)13-6-5-8(12)15/h3-7H2,1-2H3,(H2,12,15)(H,16,17)(H2,13,14,18). The van der Waals surface area contributed by atoms with Gasteiger partial charge in [0.15, 0.2) is 0 Å². The highest BCUT2D eigenvalue weighted by Crippen LogP contribution is 2.25. The molecule has 104 valence electrons. The number of urea groups is 1. The van der Waals surface area contributed by atoms with E-state index < -0.39 is 23.3 Å². The molecule has 0 saturated heterocycles. The zero-order valence-electron chi connectivity index (χ0n) is 10.8. The first kappa shape index (κ1) is 16.2. The number of hydrogen-bond acceptors (Lipinski definition) is 3. The van der Waals surface area contributed by atoms with E-state index in [1.807, 2.05) is 0 Å². The molecule has 3 amide bonds. The maximum atomic E-state index is 11.4. The molecule has 0 radical (unpaired) electrons. The average molecular weight is 259 g/mol. The molecular formula is C11H21N3O4. The molecule has 5 N–H and O–H groups in total. The van der Waals surface area contributed by atoms with Crippen molar-refractivity contribution in [3.8, 4) is 0 Å². The second-order valence-electron chi connectivity index (χ2n) is 4.12. The molecule has 0 fully saturated rings. The summed E-state index contributed by atoms with van der Waals surface area (Å²) in [6, 6.07) is -0.497. The van der Waals surface area contributed by atoms with Crippen LogP contribution in [0.4, 0.5) is 4.79 Å². The number of carbonyl (C=O) groups is 3. The highest BCUT2D eigenvalue weighted by Gasteiger charge is 2.35. The second-order valence-corrected chi connectivity index (χ2v) is 4.12. The lowest BCUT2D eigenvalue weighted by Crippen LogP contribution is -2.46. The molecule has 7 nitrogen and oxygen atoms in total. The fourth-order valence-corrected chi connectivity index (χ4v) is 1.49. The Labute approximate surface area is 106 Å². The van der Waals surface area contributed by atoms with Crippen molar-refractivity contribution in [1.29, 1.82) is 0 Å². The first-order chi connectivity index (χ1) is 8.38. The smallest absolute Gasteiger partial charge is 0.314 e. The Balaban J connectivity index is 4.16. The molecule has 0 unspecified atom stereocenters. The third kappa shape index (κ3) is 5.03. The van der Waals surface area contributed by atoms with E-state index in [2.05, 4.69) is 10.6 Å². The summed E-state index contributed by atoms with van der Waals surface area (Å²) in [5.41, 5.74) is 3.97. The molecule has 0 aliphatic heterocycles. The Morgan fingerprint density at radius 1 is 1.17 bits per heavy atom. The number of carboxylic acid groups (broad SMARTS) is 1. The zero-order chi connectivity index (χ0) is 14.2. The Bertz CT molecular complexity index is 313. The zero-order valence-corrected chi connectivity index (χ0v) is 10.8. The van der Waals surface area contributed by atoms with Crippen LogP contribution < -0.4 is 16.4 Å². The van der Waals surface area contributed by atoms with Gasteiger partial charge in [-0.2, -0.15) is 0 Å². The van der Waals surface area contributed by atoms with Crippen LogP contribution in [0.5, 0.6) is 0 Å². The van der Waals surface area contributed by atoms with Gasteiger partial charge >= 0.3 is 12.0 Å². The summed E-state index contributed by atoms with van der Waals surface area (Å²) < 4.78 is 0. The van der Waals surface area contributed by atoms with Gasteiger partial charge in [-0.1, -0.05) is 13.8 Å². The molecule has 18 heavy (non-hydrogen) atoms. The highest BCUT2D eigenvalue weighted by molar-refractivity contribution is 5.79. The summed E-state index contributed by atoms with van der Waals surface area (Å²) in [6.45, 7) is 3.73. The number of carbonyl (C=O) groups excluding carboxylic acids is 2. The van der Waals surface area contributed by atoms with E-state index in [9.17, 15) is 14.4 Å². The normalized spacial score (nSPS) is 10.8. The van der Waals surface area contributed by atoms with E-state index in [0.717, 1.165) is 0 Å². The maximum absolute atomic E-state index is 11.4. The Hall–Kier alpha value is -1.79. The molecule has 0 aliphatic carbocycles. The number of rotatable bonds is 8. The van der Waals surface area contributed by atoms with Crippen molar-refractivity contribution < 1.29 is 19.5 Å². The van der Waals surface area contributed by atoms with Crippen molar-refractivity contribution in [2.45, 2.75) is 33.1 Å². The highest BCUT2D eigenvalue weighted by atomic mass is 16.4. The topological polar surface area (TPSA) is 122 Å². The van der Waals surface area contributed by atoms with Crippen LogP contribution in [0, 0.1) is 5.41 Å². The molecule has 0 atom stereocenters. The van der Waals surface area contributed by atoms with Gasteiger partial charge in [0.05, 0.1) is 5.41 Å². The molecular weight excluding hydrogens is 238 g/mol. The van der Waals surface area contributed by atoms with Crippen molar-refractivity contribution >= 4 is 17.9 Å². The molecule has 0 aromatic carbocycles. The van der Waals surface area contributed by atoms with Gasteiger partial charge in [-0.15, -0.1) is 0 Å². The van der Waals surface area contributed by atoms with E-state index in [0.29, 0.717) is 12.8 Å². The minimum atomic E-state index is -0.943. The van der Waals surface area contributed by atoms with Gasteiger partial charge in [0.2, 0.25) is 5.91 Å². The summed E-state index contributed by atoms with van der Waals surface area (Å²) in [5.74, 6) is -1.43. The van der Waals surface area contributed by atoms with Gasteiger partial charge in [0.25, 0.3) is 0 Å². The lowest BCUT2D eigenvalue weighted by molar-refractivity contribution is -0.149. The lowest BCUT2D eigenvalue weighted by Gasteiger charge is -2.26. The molecule has 0 spiro atoms. The van der Waals surface area contributed by atoms with Gasteiger partial charge in [-0.25, -0.2) is 4.79 Å². The van der Waals surface area contributed by atoms with Crippen LogP contribution in [0.25, 0.3) is 0 Å². The lowest BCUT2D eigenvalue weighted by atomic mass is 9.82. The van der Waals surface area contributed by atoms with Crippen LogP contribution >= 0.6 is 0 Å². The number of hydrogen-bond donors (Lipinski definition) is 4. The molecule has 0 saturated carbocycles. The van der Waals surface area contributed by atoms with Crippen LogP contribution in [-0.4, -0.2) is 36.1 Å². The quantitative estimate of drug-likeness (QED) is 0.492. The minimum Gasteiger partial charge on any atom is -0.481 e. The van der Waals surface area contributed by atoms with E-state index in [-0.39, 0.29) is 19.5 Å². The Kier molecular flexibility index (Phi) is 6.77. The van der Waals surface area contributed by atoms with E-state index >= 15 is 0 Å². The first-order valence-corrected chi connectivity index (χ1v) is 5.91. The summed E-state index contributed by atoms with van der Waals surface area (Å²) in [4.78, 5) is 33.0. The number of nitrogens with two attached hydrogens (primary N) is 1. The minimum absolute atomic E-state index is 0.0533. The van der Waals surface area contributed by atoms with Crippen molar-refractivity contribution in [3.05, 3.63) is 0 Å². The number of aliphatic carboxylic acids is 1. The largest absolute Gasteiger partial charge is 0.481 e. The fourth-order valence-electron chi connectivity index (χ4n) is 1.49. The third-order valence-electron chi connectivity index (χ3n) is 3.05. The summed E-state index contributed by atoms with van der Waals surface area (Å²) in [6.07, 6.45) is 0.917. The number of carboxylic acids is 1. The summed E-state index contributed by atoms with van der Waals surface area (Å²) >= 11 is 0. The van der Waals surface area contributed by atoms with Gasteiger partial charge < -0.3 is 21.5 Å². The second kappa shape index (κ2) is 7.52. The molecule has 0 bridgehead atoms. The van der Waals surface area contributed by atoms with Crippen molar-refractivity contribution in [1.82, 2.24) is 10.6 Å². The van der Waals surface area contributed by atoms with E-state index in [1.54, 1.807) is 13.8 Å². The number of nitrogens with one attached hydrogen (secondary N) is 2. The van der Waals surface area contributed by atoms with Gasteiger partial charge in [0.1, 0.15) is 0 Å². The predicted octanol–water partition coefficient (Wildman–Crippen LogP) is 0.0520. The summed E-state index contributed by atoms with van der Waals surface area (Å²) in [7, 11) is 0. The molecule has 0 aromatic rings. The maximum Gasteiger partial charge on any atom is 0.314 e. The van der Waals surface area contributed by atoms with Crippen molar-refractivity contribution in [2.24, 2.45) is 11.1 Å². The van der Waals surface area contributed by atoms with Crippen molar-refractivity contribution in [3.63, 3.8) is 0 Å². The van der Waals surface area contributed by atoms with Crippen LogP contribution in [0.3, 0.4) is 0 Å². The SMILES string of the molecule is CCC(CC)(CNC(=O)NCCC(N)=O)C(=O)O. The number of amides is 3. The van der Waals surface area contributed by atoms with E-state index in [1.165, 1.54) is 0 Å². The fraction of sp³-hybridized carbons (Fsp3) is 0.727. The monoisotopic (exact) mass is 259 g/mol. The third-order valence-corrected chi connectivity index (χ3v) is 3.05. The van der Waals surface area contributed by atoms with Gasteiger partial charge in [0, 0.05) is 19.5 Å². The first-order valence-electron chi connectivity index (χ1n) is 5.91. The molecule has 0 aliphatic rings. The van der Waals surface area contributed by atoms with Crippen LogP contribution in [0.1, 0.15) is 33.1 Å². The van der Waals surface area contributed by atoms with E-state index in [4.69, 9.17) is 10.8 Å². The van der Waals surface area contributed by atoms with Crippen LogP contribution in [0.15, 0.2) is 0 Å². The van der Waals surface area contributed by atoms with Crippen LogP contribution in [-0.2, 0) is 9.59 Å². The summed E-state index contributed by atoms with van der Waals surface area (Å²) in [5, 5.41) is 14.1. The van der Waals surface area contributed by atoms with Gasteiger partial charge in [-0.05, 0) is 12.8 Å². The average Bonchev–Trinajstić information content (AvgIpc) is 2.30. The molecule has 0 rings (SSSR count). The number of primary amides is 1. The molecule has 7 heteroatoms. The van der Waals surface area contributed by atoms with Crippen molar-refractivity contribution in [2.75, 3.05) is 13.1 Å².